The Morgan fingerprint density at radius 3 is 2.44 bits per heavy atom. The second kappa shape index (κ2) is 9.62. The van der Waals surface area contributed by atoms with Crippen molar-refractivity contribution in [2.24, 2.45) is 0 Å². The Morgan fingerprint density at radius 2 is 1.81 bits per heavy atom. The first-order valence-electron chi connectivity index (χ1n) is 8.43. The number of anilines is 1. The summed E-state index contributed by atoms with van der Waals surface area (Å²) in [5, 5.41) is 3.45. The van der Waals surface area contributed by atoms with Crippen LogP contribution in [-0.2, 0) is 21.2 Å². The molecule has 0 aromatic heterocycles. The van der Waals surface area contributed by atoms with Crippen molar-refractivity contribution in [1.29, 1.82) is 0 Å². The molecule has 0 aliphatic carbocycles. The number of carbonyl (C=O) groups is 1. The number of carbonyl (C=O) groups excluding carboxylic acids is 1. The highest BCUT2D eigenvalue weighted by atomic mass is 35.5. The maximum atomic E-state index is 12.3. The van der Waals surface area contributed by atoms with Gasteiger partial charge in [-0.1, -0.05) is 35.9 Å². The molecule has 0 saturated carbocycles. The van der Waals surface area contributed by atoms with E-state index in [-0.39, 0.29) is 12.5 Å². The van der Waals surface area contributed by atoms with E-state index in [1.165, 1.54) is 7.11 Å². The SMILES string of the molecule is COc1ccccc1N(CC(=O)NCCCc1ccc(Cl)cc1)S(C)(=O)=O. The molecule has 0 saturated heterocycles. The summed E-state index contributed by atoms with van der Waals surface area (Å²) in [4.78, 5) is 12.3. The highest BCUT2D eigenvalue weighted by Gasteiger charge is 2.23. The monoisotopic (exact) mass is 410 g/mol. The van der Waals surface area contributed by atoms with Gasteiger partial charge >= 0.3 is 0 Å². The third-order valence-electron chi connectivity index (χ3n) is 3.92. The Hall–Kier alpha value is -2.25. The summed E-state index contributed by atoms with van der Waals surface area (Å²) in [5.74, 6) is 0.0147. The number of hydrogen-bond donors (Lipinski definition) is 1. The number of nitrogens with zero attached hydrogens (tertiary/aromatic N) is 1. The second-order valence-electron chi connectivity index (χ2n) is 6.02. The van der Waals surface area contributed by atoms with Crippen molar-refractivity contribution in [3.63, 3.8) is 0 Å². The van der Waals surface area contributed by atoms with E-state index >= 15 is 0 Å². The molecule has 1 N–H and O–H groups in total. The zero-order valence-electron chi connectivity index (χ0n) is 15.3. The third kappa shape index (κ3) is 6.45. The van der Waals surface area contributed by atoms with Crippen molar-refractivity contribution >= 4 is 33.2 Å². The number of ether oxygens (including phenoxy) is 1. The standard InChI is InChI=1S/C19H23ClN2O4S/c1-26-18-8-4-3-7-17(18)22(27(2,24)25)14-19(23)21-13-5-6-15-9-11-16(20)12-10-15/h3-4,7-12H,5-6,13-14H2,1-2H3,(H,21,23). The van der Waals surface area contributed by atoms with Crippen molar-refractivity contribution in [2.75, 3.05) is 30.8 Å². The zero-order chi connectivity index (χ0) is 19.9. The van der Waals surface area contributed by atoms with Crippen LogP contribution >= 0.6 is 11.6 Å². The lowest BCUT2D eigenvalue weighted by Crippen LogP contribution is -2.40. The molecule has 0 unspecified atom stereocenters. The van der Waals surface area contributed by atoms with Gasteiger partial charge in [-0.2, -0.15) is 0 Å². The number of nitrogens with one attached hydrogen (secondary N) is 1. The predicted octanol–water partition coefficient (Wildman–Crippen LogP) is 2.86. The van der Waals surface area contributed by atoms with E-state index < -0.39 is 10.0 Å². The lowest BCUT2D eigenvalue weighted by atomic mass is 10.1. The zero-order valence-corrected chi connectivity index (χ0v) is 16.9. The van der Waals surface area contributed by atoms with E-state index in [9.17, 15) is 13.2 Å². The Morgan fingerprint density at radius 1 is 1.15 bits per heavy atom. The summed E-state index contributed by atoms with van der Waals surface area (Å²) in [5.41, 5.74) is 1.46. The van der Waals surface area contributed by atoms with Crippen LogP contribution in [0.5, 0.6) is 5.75 Å². The fourth-order valence-electron chi connectivity index (χ4n) is 2.57. The molecule has 0 fully saturated rings. The quantitative estimate of drug-likeness (QED) is 0.645. The number of benzene rings is 2. The Balaban J connectivity index is 1.93. The minimum absolute atomic E-state index is 0.305. The number of methoxy groups -OCH3 is 1. The van der Waals surface area contributed by atoms with Gasteiger partial charge in [-0.15, -0.1) is 0 Å². The predicted molar refractivity (Wildman–Crippen MR) is 108 cm³/mol. The van der Waals surface area contributed by atoms with Crippen molar-refractivity contribution in [3.8, 4) is 5.75 Å². The number of rotatable bonds is 9. The lowest BCUT2D eigenvalue weighted by Gasteiger charge is -2.23. The molecule has 0 aliphatic heterocycles. The highest BCUT2D eigenvalue weighted by Crippen LogP contribution is 2.29. The average molecular weight is 411 g/mol. The molecule has 8 heteroatoms. The average Bonchev–Trinajstić information content (AvgIpc) is 2.64. The minimum Gasteiger partial charge on any atom is -0.495 e. The maximum absolute atomic E-state index is 12.3. The molecular weight excluding hydrogens is 388 g/mol. The fourth-order valence-corrected chi connectivity index (χ4v) is 3.56. The third-order valence-corrected chi connectivity index (χ3v) is 5.30. The maximum Gasteiger partial charge on any atom is 0.240 e. The van der Waals surface area contributed by atoms with E-state index in [0.717, 1.165) is 29.0 Å². The van der Waals surface area contributed by atoms with Crippen LogP contribution in [0.4, 0.5) is 5.69 Å². The highest BCUT2D eigenvalue weighted by molar-refractivity contribution is 7.92. The minimum atomic E-state index is -3.64. The van der Waals surface area contributed by atoms with Crippen LogP contribution in [0, 0.1) is 0 Å². The van der Waals surface area contributed by atoms with Gasteiger partial charge in [-0.3, -0.25) is 9.10 Å². The van der Waals surface area contributed by atoms with Crippen LogP contribution in [0.1, 0.15) is 12.0 Å². The fraction of sp³-hybridized carbons (Fsp3) is 0.316. The van der Waals surface area contributed by atoms with Gasteiger partial charge in [0, 0.05) is 11.6 Å². The van der Waals surface area contributed by atoms with Gasteiger partial charge in [0.1, 0.15) is 12.3 Å². The molecule has 0 atom stereocenters. The number of sulfonamides is 1. The topological polar surface area (TPSA) is 75.7 Å². The van der Waals surface area contributed by atoms with E-state index in [4.69, 9.17) is 16.3 Å². The largest absolute Gasteiger partial charge is 0.495 e. The first kappa shape index (κ1) is 21.1. The number of aryl methyl sites for hydroxylation is 1. The molecule has 0 radical (unpaired) electrons. The van der Waals surface area contributed by atoms with Crippen molar-refractivity contribution in [2.45, 2.75) is 12.8 Å². The van der Waals surface area contributed by atoms with Gasteiger partial charge < -0.3 is 10.1 Å². The first-order chi connectivity index (χ1) is 12.8. The molecule has 146 valence electrons. The van der Waals surface area contributed by atoms with Gasteiger partial charge in [0.2, 0.25) is 15.9 Å². The lowest BCUT2D eigenvalue weighted by molar-refractivity contribution is -0.119. The molecule has 0 bridgehead atoms. The molecule has 27 heavy (non-hydrogen) atoms. The number of para-hydroxylation sites is 2. The smallest absolute Gasteiger partial charge is 0.240 e. The summed E-state index contributed by atoms with van der Waals surface area (Å²) < 4.78 is 30.6. The van der Waals surface area contributed by atoms with E-state index in [1.807, 2.05) is 24.3 Å². The number of hydrogen-bond acceptors (Lipinski definition) is 4. The molecule has 0 spiro atoms. The summed E-state index contributed by atoms with van der Waals surface area (Å²) >= 11 is 5.85. The molecule has 0 aliphatic rings. The van der Waals surface area contributed by atoms with Crippen LogP contribution in [0.2, 0.25) is 5.02 Å². The number of amides is 1. The molecule has 2 aromatic carbocycles. The summed E-state index contributed by atoms with van der Waals surface area (Å²) in [6, 6.07) is 14.2. The normalized spacial score (nSPS) is 11.1. The molecule has 2 aromatic rings. The van der Waals surface area contributed by atoms with Crippen LogP contribution in [-0.4, -0.2) is 40.8 Å². The number of halogens is 1. The van der Waals surface area contributed by atoms with E-state index in [2.05, 4.69) is 5.32 Å². The van der Waals surface area contributed by atoms with Gasteiger partial charge in [-0.05, 0) is 42.7 Å². The Kier molecular flexibility index (Phi) is 7.50. The Labute approximate surface area is 165 Å². The molecule has 0 heterocycles. The second-order valence-corrected chi connectivity index (χ2v) is 8.36. The van der Waals surface area contributed by atoms with Crippen molar-refractivity contribution < 1.29 is 17.9 Å². The van der Waals surface area contributed by atoms with Gasteiger partial charge in [0.25, 0.3) is 0 Å². The van der Waals surface area contributed by atoms with Crippen LogP contribution in [0.15, 0.2) is 48.5 Å². The van der Waals surface area contributed by atoms with Gasteiger partial charge in [0.15, 0.2) is 0 Å². The molecule has 6 nitrogen and oxygen atoms in total. The van der Waals surface area contributed by atoms with E-state index in [1.54, 1.807) is 24.3 Å². The summed E-state index contributed by atoms with van der Waals surface area (Å²) in [7, 11) is -2.19. The molecule has 1 amide bonds. The Bertz CT molecular complexity index is 870. The molecule has 2 rings (SSSR count). The van der Waals surface area contributed by atoms with Crippen molar-refractivity contribution in [3.05, 3.63) is 59.1 Å². The summed E-state index contributed by atoms with van der Waals surface area (Å²) in [6.45, 7) is 0.144. The summed E-state index contributed by atoms with van der Waals surface area (Å²) in [6.07, 6.45) is 2.59. The van der Waals surface area contributed by atoms with Crippen LogP contribution in [0.3, 0.4) is 0 Å². The molecular formula is C19H23ClN2O4S. The van der Waals surface area contributed by atoms with Gasteiger partial charge in [0.05, 0.1) is 19.1 Å². The van der Waals surface area contributed by atoms with Crippen LogP contribution < -0.4 is 14.4 Å². The van der Waals surface area contributed by atoms with Crippen LogP contribution in [0.25, 0.3) is 0 Å². The van der Waals surface area contributed by atoms with E-state index in [0.29, 0.717) is 23.0 Å². The first-order valence-corrected chi connectivity index (χ1v) is 10.7. The van der Waals surface area contributed by atoms with Gasteiger partial charge in [-0.25, -0.2) is 8.42 Å². The van der Waals surface area contributed by atoms with Crippen molar-refractivity contribution in [1.82, 2.24) is 5.32 Å².